The molecule has 23 heavy (non-hydrogen) atoms. The van der Waals surface area contributed by atoms with Gasteiger partial charge in [-0.2, -0.15) is 0 Å². The van der Waals surface area contributed by atoms with Crippen molar-refractivity contribution in [2.75, 3.05) is 24.3 Å². The van der Waals surface area contributed by atoms with E-state index >= 15 is 0 Å². The highest BCUT2D eigenvalue weighted by Gasteiger charge is 2.10. The minimum atomic E-state index is 0.174. The van der Waals surface area contributed by atoms with Crippen LogP contribution in [-0.2, 0) is 0 Å². The molecular formula is C17H17N5S. The SMILES string of the molecule is CN(C)c1ccc(-c2cnc(NC(N)=S)c3ncccc23)cc1. The third kappa shape index (κ3) is 3.07. The number of benzene rings is 1. The summed E-state index contributed by atoms with van der Waals surface area (Å²) in [6, 6.07) is 12.3. The third-order valence-corrected chi connectivity index (χ3v) is 3.68. The summed E-state index contributed by atoms with van der Waals surface area (Å²) >= 11 is 4.90. The summed E-state index contributed by atoms with van der Waals surface area (Å²) in [6.07, 6.45) is 3.54. The zero-order valence-electron chi connectivity index (χ0n) is 12.9. The Morgan fingerprint density at radius 1 is 1.13 bits per heavy atom. The molecule has 0 atom stereocenters. The number of nitrogens with zero attached hydrogens (tertiary/aromatic N) is 3. The third-order valence-electron chi connectivity index (χ3n) is 3.58. The molecule has 6 heteroatoms. The van der Waals surface area contributed by atoms with E-state index in [1.165, 1.54) is 0 Å². The summed E-state index contributed by atoms with van der Waals surface area (Å²) in [5.41, 5.74) is 9.56. The first-order chi connectivity index (χ1) is 11.1. The van der Waals surface area contributed by atoms with Crippen LogP contribution >= 0.6 is 12.2 Å². The van der Waals surface area contributed by atoms with Gasteiger partial charge in [0, 0.05) is 43.1 Å². The molecule has 0 saturated carbocycles. The van der Waals surface area contributed by atoms with Gasteiger partial charge in [-0.15, -0.1) is 0 Å². The maximum Gasteiger partial charge on any atom is 0.169 e. The minimum absolute atomic E-state index is 0.174. The summed E-state index contributed by atoms with van der Waals surface area (Å²) in [7, 11) is 4.04. The van der Waals surface area contributed by atoms with Gasteiger partial charge in [0.2, 0.25) is 0 Å². The topological polar surface area (TPSA) is 67.1 Å². The lowest BCUT2D eigenvalue weighted by atomic mass is 10.0. The summed E-state index contributed by atoms with van der Waals surface area (Å²) in [6.45, 7) is 0. The number of anilines is 2. The van der Waals surface area contributed by atoms with Gasteiger partial charge in [-0.3, -0.25) is 4.98 Å². The molecule has 0 aliphatic heterocycles. The van der Waals surface area contributed by atoms with E-state index in [1.54, 1.807) is 6.20 Å². The van der Waals surface area contributed by atoms with Crippen LogP contribution in [0.15, 0.2) is 48.8 Å². The Hall–Kier alpha value is -2.73. The molecular weight excluding hydrogens is 306 g/mol. The Balaban J connectivity index is 2.13. The standard InChI is InChI=1S/C17H17N5S/c1-22(2)12-7-5-11(6-8-12)14-10-20-16(21-17(18)23)15-13(14)4-3-9-19-15/h3-10H,1-2H3,(H3,18,20,21,23). The largest absolute Gasteiger partial charge is 0.378 e. The molecule has 0 bridgehead atoms. The van der Waals surface area contributed by atoms with E-state index in [1.807, 2.05) is 32.4 Å². The van der Waals surface area contributed by atoms with Crippen molar-refractivity contribution >= 4 is 39.7 Å². The van der Waals surface area contributed by atoms with Gasteiger partial charge in [0.1, 0.15) is 5.52 Å². The summed E-state index contributed by atoms with van der Waals surface area (Å²) in [5, 5.41) is 4.05. The molecule has 1 aromatic carbocycles. The highest BCUT2D eigenvalue weighted by atomic mass is 32.1. The number of aromatic nitrogens is 2. The van der Waals surface area contributed by atoms with E-state index in [9.17, 15) is 0 Å². The Morgan fingerprint density at radius 2 is 1.87 bits per heavy atom. The zero-order chi connectivity index (χ0) is 16.4. The predicted molar refractivity (Wildman–Crippen MR) is 99.7 cm³/mol. The molecule has 0 saturated heterocycles. The van der Waals surface area contributed by atoms with Crippen LogP contribution in [0.2, 0.25) is 0 Å². The number of nitrogens with two attached hydrogens (primary N) is 1. The lowest BCUT2D eigenvalue weighted by Gasteiger charge is -2.14. The van der Waals surface area contributed by atoms with Gasteiger partial charge >= 0.3 is 0 Å². The molecule has 2 heterocycles. The van der Waals surface area contributed by atoms with Gasteiger partial charge < -0.3 is 16.0 Å². The number of hydrogen-bond donors (Lipinski definition) is 2. The quantitative estimate of drug-likeness (QED) is 0.722. The smallest absolute Gasteiger partial charge is 0.169 e. The Morgan fingerprint density at radius 3 is 2.52 bits per heavy atom. The maximum absolute atomic E-state index is 5.56. The van der Waals surface area contributed by atoms with Crippen molar-refractivity contribution in [3.05, 3.63) is 48.8 Å². The summed E-state index contributed by atoms with van der Waals surface area (Å²) in [4.78, 5) is 10.9. The average molecular weight is 323 g/mol. The fourth-order valence-electron chi connectivity index (χ4n) is 2.45. The molecule has 3 rings (SSSR count). The van der Waals surface area contributed by atoms with E-state index in [4.69, 9.17) is 18.0 Å². The van der Waals surface area contributed by atoms with E-state index in [-0.39, 0.29) is 5.11 Å². The van der Waals surface area contributed by atoms with Crippen LogP contribution in [0.1, 0.15) is 0 Å². The van der Waals surface area contributed by atoms with Crippen LogP contribution in [0.5, 0.6) is 0 Å². The first kappa shape index (κ1) is 15.2. The number of hydrogen-bond acceptors (Lipinski definition) is 4. The number of rotatable bonds is 3. The highest BCUT2D eigenvalue weighted by Crippen LogP contribution is 2.31. The molecule has 0 amide bonds. The molecule has 5 nitrogen and oxygen atoms in total. The van der Waals surface area contributed by atoms with E-state index in [2.05, 4.69) is 44.5 Å². The first-order valence-electron chi connectivity index (χ1n) is 7.14. The summed E-state index contributed by atoms with van der Waals surface area (Å²) in [5.74, 6) is 0.571. The molecule has 0 radical (unpaired) electrons. The molecule has 3 aromatic rings. The minimum Gasteiger partial charge on any atom is -0.378 e. The lowest BCUT2D eigenvalue weighted by molar-refractivity contribution is 1.13. The second-order valence-corrected chi connectivity index (χ2v) is 5.79. The molecule has 3 N–H and O–H groups in total. The molecule has 116 valence electrons. The van der Waals surface area contributed by atoms with Crippen LogP contribution in [-0.4, -0.2) is 29.2 Å². The van der Waals surface area contributed by atoms with Crippen molar-refractivity contribution in [1.29, 1.82) is 0 Å². The monoisotopic (exact) mass is 323 g/mol. The number of nitrogens with one attached hydrogen (secondary N) is 1. The van der Waals surface area contributed by atoms with E-state index < -0.39 is 0 Å². The fraction of sp³-hybridized carbons (Fsp3) is 0.118. The average Bonchev–Trinajstić information content (AvgIpc) is 2.55. The normalized spacial score (nSPS) is 10.5. The van der Waals surface area contributed by atoms with Crippen LogP contribution in [0, 0.1) is 0 Å². The second kappa shape index (κ2) is 6.18. The van der Waals surface area contributed by atoms with Gasteiger partial charge in [0.25, 0.3) is 0 Å². The van der Waals surface area contributed by atoms with E-state index in [0.29, 0.717) is 5.82 Å². The van der Waals surface area contributed by atoms with Gasteiger partial charge in [-0.25, -0.2) is 4.98 Å². The molecule has 0 aliphatic carbocycles. The van der Waals surface area contributed by atoms with Crippen LogP contribution < -0.4 is 16.0 Å². The second-order valence-electron chi connectivity index (χ2n) is 5.35. The van der Waals surface area contributed by atoms with Crippen LogP contribution in [0.3, 0.4) is 0 Å². The van der Waals surface area contributed by atoms with Gasteiger partial charge in [-0.05, 0) is 36.0 Å². The van der Waals surface area contributed by atoms with Gasteiger partial charge in [0.15, 0.2) is 10.9 Å². The summed E-state index contributed by atoms with van der Waals surface area (Å²) < 4.78 is 0. The fourth-order valence-corrected chi connectivity index (χ4v) is 2.55. The van der Waals surface area contributed by atoms with Crippen molar-refractivity contribution < 1.29 is 0 Å². The lowest BCUT2D eigenvalue weighted by Crippen LogP contribution is -2.20. The Bertz CT molecular complexity index is 858. The Labute approximate surface area is 140 Å². The van der Waals surface area contributed by atoms with Crippen molar-refractivity contribution in [3.8, 4) is 11.1 Å². The molecule has 0 unspecified atom stereocenters. The number of thiocarbonyl (C=S) groups is 1. The van der Waals surface area contributed by atoms with Gasteiger partial charge in [-0.1, -0.05) is 18.2 Å². The number of pyridine rings is 2. The zero-order valence-corrected chi connectivity index (χ0v) is 13.8. The Kier molecular flexibility index (Phi) is 4.08. The van der Waals surface area contributed by atoms with Crippen LogP contribution in [0.25, 0.3) is 22.0 Å². The van der Waals surface area contributed by atoms with E-state index in [0.717, 1.165) is 27.7 Å². The molecule has 0 spiro atoms. The molecule has 2 aromatic heterocycles. The van der Waals surface area contributed by atoms with Crippen molar-refractivity contribution in [3.63, 3.8) is 0 Å². The van der Waals surface area contributed by atoms with Gasteiger partial charge in [0.05, 0.1) is 0 Å². The molecule has 0 aliphatic rings. The van der Waals surface area contributed by atoms with Crippen molar-refractivity contribution in [1.82, 2.24) is 9.97 Å². The number of fused-ring (bicyclic) bond motifs is 1. The predicted octanol–water partition coefficient (Wildman–Crippen LogP) is 3.02. The van der Waals surface area contributed by atoms with Crippen molar-refractivity contribution in [2.45, 2.75) is 0 Å². The highest BCUT2D eigenvalue weighted by molar-refractivity contribution is 7.80. The maximum atomic E-state index is 5.56. The van der Waals surface area contributed by atoms with Crippen molar-refractivity contribution in [2.24, 2.45) is 5.73 Å². The van der Waals surface area contributed by atoms with Crippen LogP contribution in [0.4, 0.5) is 11.5 Å². The first-order valence-corrected chi connectivity index (χ1v) is 7.55. The molecule has 0 fully saturated rings.